The molecule has 0 amide bonds. The molecule has 0 aliphatic rings. The van der Waals surface area contributed by atoms with Gasteiger partial charge in [-0.15, -0.1) is 11.6 Å². The van der Waals surface area contributed by atoms with E-state index in [0.29, 0.717) is 12.3 Å². The van der Waals surface area contributed by atoms with Crippen LogP contribution in [0, 0.1) is 0 Å². The van der Waals surface area contributed by atoms with Gasteiger partial charge in [-0.3, -0.25) is 0 Å². The second-order valence-electron chi connectivity index (χ2n) is 4.26. The highest BCUT2D eigenvalue weighted by molar-refractivity contribution is 7.90. The van der Waals surface area contributed by atoms with E-state index in [1.54, 1.807) is 0 Å². The van der Waals surface area contributed by atoms with Crippen LogP contribution in [0.3, 0.4) is 0 Å². The zero-order valence-electron chi connectivity index (χ0n) is 9.85. The van der Waals surface area contributed by atoms with E-state index in [1.807, 2.05) is 0 Å². The Bertz CT molecular complexity index is 267. The van der Waals surface area contributed by atoms with E-state index in [9.17, 15) is 8.42 Å². The van der Waals surface area contributed by atoms with Crippen molar-refractivity contribution in [1.82, 2.24) is 5.32 Å². The van der Waals surface area contributed by atoms with Crippen molar-refractivity contribution < 1.29 is 8.42 Å². The van der Waals surface area contributed by atoms with E-state index in [-0.39, 0.29) is 11.3 Å². The maximum atomic E-state index is 10.9. The SMILES string of the molecule is CCC(C)(CCCl)NCCCS(C)(=O)=O. The molecule has 0 heterocycles. The highest BCUT2D eigenvalue weighted by Gasteiger charge is 2.19. The van der Waals surface area contributed by atoms with Gasteiger partial charge in [-0.05, 0) is 32.7 Å². The molecule has 0 aromatic heterocycles. The summed E-state index contributed by atoms with van der Waals surface area (Å²) in [6, 6.07) is 0. The molecule has 0 fully saturated rings. The Labute approximate surface area is 98.5 Å². The zero-order valence-corrected chi connectivity index (χ0v) is 11.4. The molecule has 0 aromatic carbocycles. The Morgan fingerprint density at radius 2 is 2.00 bits per heavy atom. The van der Waals surface area contributed by atoms with Crippen LogP contribution in [0.2, 0.25) is 0 Å². The Morgan fingerprint density at radius 3 is 2.40 bits per heavy atom. The molecule has 0 radical (unpaired) electrons. The van der Waals surface area contributed by atoms with Gasteiger partial charge in [0.2, 0.25) is 0 Å². The highest BCUT2D eigenvalue weighted by Crippen LogP contribution is 2.14. The van der Waals surface area contributed by atoms with Crippen molar-refractivity contribution in [2.45, 2.75) is 38.6 Å². The summed E-state index contributed by atoms with van der Waals surface area (Å²) < 4.78 is 21.8. The first-order chi connectivity index (χ1) is 6.83. The van der Waals surface area contributed by atoms with Crippen LogP contribution in [0.4, 0.5) is 0 Å². The average Bonchev–Trinajstić information content (AvgIpc) is 2.12. The number of sulfone groups is 1. The first-order valence-corrected chi connectivity index (χ1v) is 7.91. The van der Waals surface area contributed by atoms with E-state index in [4.69, 9.17) is 11.6 Å². The predicted molar refractivity (Wildman–Crippen MR) is 66.4 cm³/mol. The Kier molecular flexibility index (Phi) is 6.80. The molecule has 0 aliphatic carbocycles. The first kappa shape index (κ1) is 15.2. The number of nitrogens with one attached hydrogen (secondary N) is 1. The average molecular weight is 256 g/mol. The smallest absolute Gasteiger partial charge is 0.147 e. The van der Waals surface area contributed by atoms with E-state index >= 15 is 0 Å². The van der Waals surface area contributed by atoms with Crippen molar-refractivity contribution >= 4 is 21.4 Å². The lowest BCUT2D eigenvalue weighted by Gasteiger charge is -2.29. The van der Waals surface area contributed by atoms with Crippen molar-refractivity contribution in [2.75, 3.05) is 24.4 Å². The molecule has 0 saturated heterocycles. The fourth-order valence-corrected chi connectivity index (χ4v) is 2.41. The van der Waals surface area contributed by atoms with Crippen molar-refractivity contribution in [1.29, 1.82) is 0 Å². The van der Waals surface area contributed by atoms with Gasteiger partial charge in [-0.25, -0.2) is 8.42 Å². The van der Waals surface area contributed by atoms with Gasteiger partial charge in [0.15, 0.2) is 0 Å². The van der Waals surface area contributed by atoms with Crippen molar-refractivity contribution in [3.05, 3.63) is 0 Å². The van der Waals surface area contributed by atoms with Gasteiger partial charge in [0, 0.05) is 17.7 Å². The summed E-state index contributed by atoms with van der Waals surface area (Å²) in [4.78, 5) is 0. The minimum absolute atomic E-state index is 0.0409. The molecule has 1 N–H and O–H groups in total. The minimum Gasteiger partial charge on any atom is -0.311 e. The van der Waals surface area contributed by atoms with Gasteiger partial charge in [-0.1, -0.05) is 6.92 Å². The Hall–Kier alpha value is 0.200. The monoisotopic (exact) mass is 255 g/mol. The molecule has 0 aromatic rings. The Balaban J connectivity index is 3.82. The van der Waals surface area contributed by atoms with E-state index in [1.165, 1.54) is 6.26 Å². The normalized spacial score (nSPS) is 16.3. The molecule has 0 rings (SSSR count). The quantitative estimate of drug-likeness (QED) is 0.532. The number of hydrogen-bond donors (Lipinski definition) is 1. The molecule has 1 unspecified atom stereocenters. The van der Waals surface area contributed by atoms with E-state index in [0.717, 1.165) is 19.4 Å². The highest BCUT2D eigenvalue weighted by atomic mass is 35.5. The molecule has 0 saturated carbocycles. The number of hydrogen-bond acceptors (Lipinski definition) is 3. The molecule has 5 heteroatoms. The van der Waals surface area contributed by atoms with Gasteiger partial charge in [0.25, 0.3) is 0 Å². The molecule has 0 spiro atoms. The molecule has 3 nitrogen and oxygen atoms in total. The van der Waals surface area contributed by atoms with Crippen LogP contribution in [0.1, 0.15) is 33.1 Å². The number of alkyl halides is 1. The van der Waals surface area contributed by atoms with Crippen LogP contribution < -0.4 is 5.32 Å². The maximum Gasteiger partial charge on any atom is 0.147 e. The van der Waals surface area contributed by atoms with Gasteiger partial charge in [0.05, 0.1) is 5.75 Å². The predicted octanol–water partition coefficient (Wildman–Crippen LogP) is 1.81. The largest absolute Gasteiger partial charge is 0.311 e. The summed E-state index contributed by atoms with van der Waals surface area (Å²) in [7, 11) is -2.83. The Morgan fingerprint density at radius 1 is 1.40 bits per heavy atom. The van der Waals surface area contributed by atoms with Crippen molar-refractivity contribution in [3.8, 4) is 0 Å². The molecule has 1 atom stereocenters. The minimum atomic E-state index is -2.83. The first-order valence-electron chi connectivity index (χ1n) is 5.32. The molecular weight excluding hydrogens is 234 g/mol. The van der Waals surface area contributed by atoms with Gasteiger partial charge < -0.3 is 5.32 Å². The number of rotatable bonds is 8. The molecule has 0 bridgehead atoms. The molecule has 15 heavy (non-hydrogen) atoms. The molecular formula is C10H22ClNO2S. The van der Waals surface area contributed by atoms with Crippen LogP contribution in [0.15, 0.2) is 0 Å². The fraction of sp³-hybridized carbons (Fsp3) is 1.00. The van der Waals surface area contributed by atoms with Crippen molar-refractivity contribution in [2.24, 2.45) is 0 Å². The van der Waals surface area contributed by atoms with E-state index in [2.05, 4.69) is 19.2 Å². The standard InChI is InChI=1S/C10H22ClNO2S/c1-4-10(2,6-7-11)12-8-5-9-15(3,13)14/h12H,4-9H2,1-3H3. The molecule has 0 aliphatic heterocycles. The topological polar surface area (TPSA) is 46.2 Å². The summed E-state index contributed by atoms with van der Waals surface area (Å²) in [5.41, 5.74) is 0.0409. The molecule has 92 valence electrons. The summed E-state index contributed by atoms with van der Waals surface area (Å²) in [6.07, 6.45) is 3.84. The van der Waals surface area contributed by atoms with Crippen molar-refractivity contribution in [3.63, 3.8) is 0 Å². The van der Waals surface area contributed by atoms with Crippen LogP contribution in [0.25, 0.3) is 0 Å². The number of halogens is 1. The third kappa shape index (κ3) is 8.05. The van der Waals surface area contributed by atoms with Crippen LogP contribution >= 0.6 is 11.6 Å². The van der Waals surface area contributed by atoms with Gasteiger partial charge in [0.1, 0.15) is 9.84 Å². The lowest BCUT2D eigenvalue weighted by Crippen LogP contribution is -2.43. The summed E-state index contributed by atoms with van der Waals surface area (Å²) in [5.74, 6) is 0.879. The lowest BCUT2D eigenvalue weighted by molar-refractivity contribution is 0.334. The third-order valence-electron chi connectivity index (χ3n) is 2.67. The fourth-order valence-electron chi connectivity index (χ4n) is 1.32. The van der Waals surface area contributed by atoms with Crippen LogP contribution in [-0.2, 0) is 9.84 Å². The zero-order chi connectivity index (χ0) is 11.9. The van der Waals surface area contributed by atoms with Crippen LogP contribution in [-0.4, -0.2) is 38.4 Å². The van der Waals surface area contributed by atoms with Gasteiger partial charge in [-0.2, -0.15) is 0 Å². The third-order valence-corrected chi connectivity index (χ3v) is 3.89. The lowest BCUT2D eigenvalue weighted by atomic mass is 9.95. The van der Waals surface area contributed by atoms with Gasteiger partial charge >= 0.3 is 0 Å². The van der Waals surface area contributed by atoms with E-state index < -0.39 is 9.84 Å². The second-order valence-corrected chi connectivity index (χ2v) is 6.90. The maximum absolute atomic E-state index is 10.9. The van der Waals surface area contributed by atoms with Crippen LogP contribution in [0.5, 0.6) is 0 Å². The second kappa shape index (κ2) is 6.71. The summed E-state index contributed by atoms with van der Waals surface area (Å²) >= 11 is 5.71. The summed E-state index contributed by atoms with van der Waals surface area (Å²) in [6.45, 7) is 4.96. The summed E-state index contributed by atoms with van der Waals surface area (Å²) in [5, 5.41) is 3.37.